The zero-order chi connectivity index (χ0) is 26.4. The van der Waals surface area contributed by atoms with E-state index in [0.29, 0.717) is 44.4 Å². The van der Waals surface area contributed by atoms with Crippen LogP contribution >= 0.6 is 35.0 Å². The van der Waals surface area contributed by atoms with Crippen molar-refractivity contribution >= 4 is 69.4 Å². The highest BCUT2D eigenvalue weighted by molar-refractivity contribution is 8.18. The zero-order valence-corrected chi connectivity index (χ0v) is 22.3. The van der Waals surface area contributed by atoms with E-state index in [4.69, 9.17) is 32.7 Å². The van der Waals surface area contributed by atoms with Crippen LogP contribution < -0.4 is 20.1 Å². The maximum Gasteiger partial charge on any atom is 0.264 e. The third kappa shape index (κ3) is 6.85. The molecule has 0 aliphatic carbocycles. The molecule has 37 heavy (non-hydrogen) atoms. The number of aliphatic imine (C=N–C) groups is 1. The van der Waals surface area contributed by atoms with E-state index in [1.165, 1.54) is 11.8 Å². The van der Waals surface area contributed by atoms with Crippen molar-refractivity contribution in [1.82, 2.24) is 5.32 Å². The highest BCUT2D eigenvalue weighted by atomic mass is 35.5. The number of halogens is 2. The number of para-hydroxylation sites is 1. The van der Waals surface area contributed by atoms with Crippen molar-refractivity contribution < 1.29 is 19.1 Å². The average Bonchev–Trinajstić information content (AvgIpc) is 3.20. The van der Waals surface area contributed by atoms with Crippen LogP contribution in [-0.4, -0.2) is 30.2 Å². The monoisotopic (exact) mass is 555 g/mol. The molecule has 1 aliphatic heterocycles. The minimum atomic E-state index is -0.336. The molecule has 2 N–H and O–H groups in total. The van der Waals surface area contributed by atoms with E-state index in [1.54, 1.807) is 42.5 Å². The fourth-order valence-electron chi connectivity index (χ4n) is 3.39. The molecule has 1 saturated heterocycles. The maximum atomic E-state index is 12.6. The van der Waals surface area contributed by atoms with Crippen LogP contribution in [0.3, 0.4) is 0 Å². The number of ether oxygens (including phenoxy) is 2. The van der Waals surface area contributed by atoms with E-state index >= 15 is 0 Å². The summed E-state index contributed by atoms with van der Waals surface area (Å²) in [7, 11) is 0. The molecule has 2 amide bonds. The molecule has 1 aliphatic rings. The Bertz CT molecular complexity index is 1390. The number of hydrogen-bond donors (Lipinski definition) is 2. The number of hydrogen-bond acceptors (Lipinski definition) is 6. The van der Waals surface area contributed by atoms with E-state index < -0.39 is 0 Å². The molecule has 7 nitrogen and oxygen atoms in total. The van der Waals surface area contributed by atoms with Gasteiger partial charge < -0.3 is 20.1 Å². The van der Waals surface area contributed by atoms with E-state index in [-0.39, 0.29) is 29.2 Å². The van der Waals surface area contributed by atoms with Crippen LogP contribution in [-0.2, 0) is 9.59 Å². The molecule has 0 radical (unpaired) electrons. The van der Waals surface area contributed by atoms with Gasteiger partial charge in [0.15, 0.2) is 23.3 Å². The van der Waals surface area contributed by atoms with E-state index in [2.05, 4.69) is 15.6 Å². The highest BCUT2D eigenvalue weighted by Gasteiger charge is 2.25. The number of carbonyl (C=O) groups is 2. The maximum absolute atomic E-state index is 12.6. The third-order valence-electron chi connectivity index (χ3n) is 5.15. The second kappa shape index (κ2) is 12.2. The molecule has 1 heterocycles. The summed E-state index contributed by atoms with van der Waals surface area (Å²) in [6.45, 7) is 3.79. The van der Waals surface area contributed by atoms with Crippen molar-refractivity contribution in [3.63, 3.8) is 0 Å². The number of amidine groups is 1. The van der Waals surface area contributed by atoms with E-state index in [9.17, 15) is 9.59 Å². The number of nitrogens with zero attached hydrogens (tertiary/aromatic N) is 1. The zero-order valence-electron chi connectivity index (χ0n) is 20.0. The first-order valence-electron chi connectivity index (χ1n) is 11.3. The highest BCUT2D eigenvalue weighted by Crippen LogP contribution is 2.38. The van der Waals surface area contributed by atoms with Gasteiger partial charge in [0.25, 0.3) is 11.8 Å². The number of anilines is 1. The second-order valence-corrected chi connectivity index (χ2v) is 9.68. The number of amides is 2. The number of rotatable bonds is 8. The molecule has 0 spiro atoms. The van der Waals surface area contributed by atoms with Crippen LogP contribution in [0.15, 0.2) is 70.6 Å². The first kappa shape index (κ1) is 26.6. The first-order valence-corrected chi connectivity index (χ1v) is 12.9. The van der Waals surface area contributed by atoms with Crippen molar-refractivity contribution in [3.05, 3.63) is 86.7 Å². The van der Waals surface area contributed by atoms with Gasteiger partial charge in [-0.05, 0) is 79.2 Å². The van der Waals surface area contributed by atoms with Crippen molar-refractivity contribution in [1.29, 1.82) is 0 Å². The second-order valence-electron chi connectivity index (χ2n) is 7.83. The number of carbonyl (C=O) groups excluding carboxylic acids is 2. The van der Waals surface area contributed by atoms with Gasteiger partial charge in [0.2, 0.25) is 0 Å². The number of benzene rings is 3. The van der Waals surface area contributed by atoms with Gasteiger partial charge in [-0.1, -0.05) is 47.5 Å². The molecular weight excluding hydrogens is 533 g/mol. The topological polar surface area (TPSA) is 89.0 Å². The lowest BCUT2D eigenvalue weighted by Crippen LogP contribution is -2.20. The average molecular weight is 556 g/mol. The van der Waals surface area contributed by atoms with Gasteiger partial charge in [-0.3, -0.25) is 9.59 Å². The Morgan fingerprint density at radius 3 is 2.62 bits per heavy atom. The summed E-state index contributed by atoms with van der Waals surface area (Å²) in [5.41, 5.74) is 2.79. The van der Waals surface area contributed by atoms with Crippen LogP contribution in [0.2, 0.25) is 10.0 Å². The van der Waals surface area contributed by atoms with Gasteiger partial charge in [0.1, 0.15) is 0 Å². The van der Waals surface area contributed by atoms with E-state index in [0.717, 1.165) is 5.56 Å². The minimum Gasteiger partial charge on any atom is -0.490 e. The minimum absolute atomic E-state index is 0.246. The quantitative estimate of drug-likeness (QED) is 0.305. The fraction of sp³-hybridized carbons (Fsp3) is 0.148. The molecule has 1 fully saturated rings. The summed E-state index contributed by atoms with van der Waals surface area (Å²) in [5.74, 6) is -0.00980. The number of thioether (sulfide) groups is 1. The smallest absolute Gasteiger partial charge is 0.264 e. The van der Waals surface area contributed by atoms with Crippen LogP contribution in [0.5, 0.6) is 11.5 Å². The lowest BCUT2D eigenvalue weighted by atomic mass is 10.2. The van der Waals surface area contributed by atoms with Gasteiger partial charge in [0, 0.05) is 10.7 Å². The molecule has 4 rings (SSSR count). The summed E-state index contributed by atoms with van der Waals surface area (Å²) in [6.07, 6.45) is 1.69. The summed E-state index contributed by atoms with van der Waals surface area (Å²) < 4.78 is 11.4. The Hall–Kier alpha value is -3.46. The largest absolute Gasteiger partial charge is 0.490 e. The lowest BCUT2D eigenvalue weighted by molar-refractivity contribution is -0.118. The lowest BCUT2D eigenvalue weighted by Gasteiger charge is -2.14. The molecule has 0 bridgehead atoms. The van der Waals surface area contributed by atoms with Crippen molar-refractivity contribution in [2.45, 2.75) is 13.8 Å². The van der Waals surface area contributed by atoms with Crippen molar-refractivity contribution in [2.24, 2.45) is 4.99 Å². The molecule has 190 valence electrons. The normalized spacial score (nSPS) is 15.1. The Balaban J connectivity index is 1.51. The van der Waals surface area contributed by atoms with E-state index in [1.807, 2.05) is 38.1 Å². The SMILES string of the molecule is CCOc1cc(/C=C2/SC(=Nc3cccc(Cl)c3C)NC2=O)cc(Cl)c1OCC(=O)Nc1ccccc1. The molecule has 0 saturated carbocycles. The Kier molecular flexibility index (Phi) is 8.76. The summed E-state index contributed by atoms with van der Waals surface area (Å²) in [5, 5.41) is 6.82. The first-order chi connectivity index (χ1) is 17.8. The predicted octanol–water partition coefficient (Wildman–Crippen LogP) is 6.61. The van der Waals surface area contributed by atoms with Crippen LogP contribution in [0.1, 0.15) is 18.1 Å². The molecule has 0 unspecified atom stereocenters. The molecule has 3 aromatic rings. The van der Waals surface area contributed by atoms with Gasteiger partial charge in [-0.15, -0.1) is 0 Å². The molecule has 0 atom stereocenters. The Morgan fingerprint density at radius 1 is 1.08 bits per heavy atom. The Labute approximate surface area is 228 Å². The van der Waals surface area contributed by atoms with Crippen LogP contribution in [0, 0.1) is 6.92 Å². The fourth-order valence-corrected chi connectivity index (χ4v) is 4.67. The standard InChI is InChI=1S/C27H23Cl2N3O4S/c1-3-35-22-13-17(12-20(29)25(22)36-15-24(33)30-18-8-5-4-6-9-18)14-23-26(34)32-27(37-23)31-21-11-7-10-19(28)16(21)2/h4-14H,3,15H2,1-2H3,(H,30,33)(H,31,32,34)/b23-14+. The van der Waals surface area contributed by atoms with Crippen molar-refractivity contribution in [2.75, 3.05) is 18.5 Å². The van der Waals surface area contributed by atoms with Gasteiger partial charge in [-0.25, -0.2) is 4.99 Å². The van der Waals surface area contributed by atoms with Crippen LogP contribution in [0.4, 0.5) is 11.4 Å². The molecule has 10 heteroatoms. The summed E-state index contributed by atoms with van der Waals surface area (Å²) in [6, 6.07) is 17.8. The third-order valence-corrected chi connectivity index (χ3v) is 6.75. The van der Waals surface area contributed by atoms with Gasteiger partial charge >= 0.3 is 0 Å². The molecule has 0 aromatic heterocycles. The summed E-state index contributed by atoms with van der Waals surface area (Å²) in [4.78, 5) is 29.8. The predicted molar refractivity (Wildman–Crippen MR) is 150 cm³/mol. The Morgan fingerprint density at radius 2 is 1.86 bits per heavy atom. The van der Waals surface area contributed by atoms with Crippen LogP contribution in [0.25, 0.3) is 6.08 Å². The van der Waals surface area contributed by atoms with Gasteiger partial charge in [0.05, 0.1) is 22.2 Å². The molecular formula is C27H23Cl2N3O4S. The number of nitrogens with one attached hydrogen (secondary N) is 2. The van der Waals surface area contributed by atoms with Crippen molar-refractivity contribution in [3.8, 4) is 11.5 Å². The summed E-state index contributed by atoms with van der Waals surface area (Å²) >= 11 is 13.9. The molecule has 3 aromatic carbocycles. The van der Waals surface area contributed by atoms with Gasteiger partial charge in [-0.2, -0.15) is 0 Å².